The van der Waals surface area contributed by atoms with E-state index in [2.05, 4.69) is 10.2 Å². The molecule has 2 atom stereocenters. The van der Waals surface area contributed by atoms with Gasteiger partial charge in [-0.05, 0) is 70.3 Å². The molecule has 0 bridgehead atoms. The molecule has 1 aromatic rings. The normalized spacial score (nSPS) is 24.6. The largest absolute Gasteiger partial charge is 0.390 e. The van der Waals surface area contributed by atoms with E-state index in [1.165, 1.54) is 19.3 Å². The molecular weight excluding hydrogens is 328 g/mol. The van der Waals surface area contributed by atoms with Crippen LogP contribution in [-0.2, 0) is 11.2 Å². The first-order chi connectivity index (χ1) is 12.4. The number of hydrogen-bond acceptors (Lipinski definition) is 4. The van der Waals surface area contributed by atoms with Crippen molar-refractivity contribution in [1.82, 2.24) is 10.2 Å². The number of piperidine rings is 1. The summed E-state index contributed by atoms with van der Waals surface area (Å²) in [5.74, 6) is -0.0346. The molecule has 0 spiro atoms. The minimum absolute atomic E-state index is 0.0346. The van der Waals surface area contributed by atoms with Gasteiger partial charge in [-0.2, -0.15) is 0 Å². The average Bonchev–Trinajstić information content (AvgIpc) is 3.08. The third-order valence-corrected chi connectivity index (χ3v) is 5.44. The van der Waals surface area contributed by atoms with Crippen molar-refractivity contribution in [2.24, 2.45) is 0 Å². The number of likely N-dealkylation sites (tertiary alicyclic amines) is 1. The fourth-order valence-electron chi connectivity index (χ4n) is 3.86. The molecule has 1 aromatic carbocycles. The Morgan fingerprint density at radius 2 is 2.04 bits per heavy atom. The fraction of sp³-hybridized carbons (Fsp3) is 0.667. The second kappa shape index (κ2) is 8.51. The number of rotatable bonds is 6. The standard InChI is InChI=1S/C21H32N2O3/c1-21(2,25)10-9-16-7-6-8-17(13-16)20(24)22-18-14-26-15-19(18)23-11-4-3-5-12-23/h6-8,13,18-19,25H,3-5,9-12,14-15H2,1-2H3,(H,22,24). The van der Waals surface area contributed by atoms with Crippen molar-refractivity contribution in [2.75, 3.05) is 26.3 Å². The van der Waals surface area contributed by atoms with Crippen LogP contribution in [0.5, 0.6) is 0 Å². The highest BCUT2D eigenvalue weighted by Crippen LogP contribution is 2.20. The van der Waals surface area contributed by atoms with Crippen LogP contribution >= 0.6 is 0 Å². The molecule has 144 valence electrons. The Morgan fingerprint density at radius 3 is 2.77 bits per heavy atom. The van der Waals surface area contributed by atoms with Gasteiger partial charge in [-0.25, -0.2) is 0 Å². The molecule has 2 N–H and O–H groups in total. The number of nitrogens with one attached hydrogen (secondary N) is 1. The number of nitrogens with zero attached hydrogens (tertiary/aromatic N) is 1. The zero-order valence-corrected chi connectivity index (χ0v) is 16.0. The Bertz CT molecular complexity index is 606. The monoisotopic (exact) mass is 360 g/mol. The first kappa shape index (κ1) is 19.3. The molecule has 1 amide bonds. The molecule has 2 aliphatic rings. The third kappa shape index (κ3) is 5.29. The Hall–Kier alpha value is -1.43. The second-order valence-electron chi connectivity index (χ2n) is 8.29. The maximum Gasteiger partial charge on any atom is 0.251 e. The third-order valence-electron chi connectivity index (χ3n) is 5.44. The van der Waals surface area contributed by atoms with Gasteiger partial charge in [0.15, 0.2) is 0 Å². The van der Waals surface area contributed by atoms with Crippen LogP contribution in [0, 0.1) is 0 Å². The molecule has 2 unspecified atom stereocenters. The van der Waals surface area contributed by atoms with Gasteiger partial charge >= 0.3 is 0 Å². The van der Waals surface area contributed by atoms with Crippen molar-refractivity contribution in [2.45, 2.75) is 63.6 Å². The summed E-state index contributed by atoms with van der Waals surface area (Å²) in [5, 5.41) is 13.1. The molecule has 2 fully saturated rings. The van der Waals surface area contributed by atoms with Gasteiger partial charge in [-0.15, -0.1) is 0 Å². The fourth-order valence-corrected chi connectivity index (χ4v) is 3.86. The van der Waals surface area contributed by atoms with E-state index in [1.807, 2.05) is 38.1 Å². The van der Waals surface area contributed by atoms with E-state index in [-0.39, 0.29) is 18.0 Å². The molecule has 2 heterocycles. The summed E-state index contributed by atoms with van der Waals surface area (Å²) in [6.45, 7) is 7.12. The molecule has 0 aliphatic carbocycles. The summed E-state index contributed by atoms with van der Waals surface area (Å²) >= 11 is 0. The molecule has 26 heavy (non-hydrogen) atoms. The summed E-state index contributed by atoms with van der Waals surface area (Å²) < 4.78 is 5.68. The van der Waals surface area contributed by atoms with Gasteiger partial charge < -0.3 is 15.2 Å². The Morgan fingerprint density at radius 1 is 1.27 bits per heavy atom. The number of carbonyl (C=O) groups excluding carboxylic acids is 1. The Labute approximate surface area is 156 Å². The molecule has 2 aliphatic heterocycles. The molecule has 2 saturated heterocycles. The lowest BCUT2D eigenvalue weighted by Gasteiger charge is -2.34. The van der Waals surface area contributed by atoms with E-state index >= 15 is 0 Å². The van der Waals surface area contributed by atoms with Crippen LogP contribution in [0.3, 0.4) is 0 Å². The van der Waals surface area contributed by atoms with E-state index < -0.39 is 5.60 Å². The van der Waals surface area contributed by atoms with Crippen LogP contribution in [0.2, 0.25) is 0 Å². The van der Waals surface area contributed by atoms with Crippen molar-refractivity contribution < 1.29 is 14.6 Å². The van der Waals surface area contributed by atoms with E-state index in [0.29, 0.717) is 25.2 Å². The molecule has 5 heteroatoms. The van der Waals surface area contributed by atoms with Crippen LogP contribution in [0.25, 0.3) is 0 Å². The van der Waals surface area contributed by atoms with Gasteiger partial charge in [0.25, 0.3) is 5.91 Å². The van der Waals surface area contributed by atoms with E-state index in [4.69, 9.17) is 4.74 Å². The minimum atomic E-state index is -0.693. The summed E-state index contributed by atoms with van der Waals surface area (Å²) in [4.78, 5) is 15.2. The van der Waals surface area contributed by atoms with Crippen LogP contribution in [0.4, 0.5) is 0 Å². The van der Waals surface area contributed by atoms with Crippen LogP contribution in [0.1, 0.15) is 55.5 Å². The highest BCUT2D eigenvalue weighted by molar-refractivity contribution is 5.94. The smallest absolute Gasteiger partial charge is 0.251 e. The lowest BCUT2D eigenvalue weighted by atomic mass is 9.97. The van der Waals surface area contributed by atoms with E-state index in [9.17, 15) is 9.90 Å². The Balaban J connectivity index is 1.60. The summed E-state index contributed by atoms with van der Waals surface area (Å²) in [5.41, 5.74) is 1.07. The number of aryl methyl sites for hydroxylation is 1. The number of amides is 1. The van der Waals surface area contributed by atoms with Crippen molar-refractivity contribution in [3.8, 4) is 0 Å². The number of aliphatic hydroxyl groups is 1. The molecule has 0 saturated carbocycles. The van der Waals surface area contributed by atoms with Crippen LogP contribution in [-0.4, -0.2) is 59.9 Å². The first-order valence-electron chi connectivity index (χ1n) is 9.86. The number of ether oxygens (including phenoxy) is 1. The van der Waals surface area contributed by atoms with Crippen LogP contribution < -0.4 is 5.32 Å². The SMILES string of the molecule is CC(C)(O)CCc1cccc(C(=O)NC2COCC2N2CCCCC2)c1. The maximum atomic E-state index is 12.7. The lowest BCUT2D eigenvalue weighted by molar-refractivity contribution is 0.0714. The molecular formula is C21H32N2O3. The zero-order chi connectivity index (χ0) is 18.6. The second-order valence-corrected chi connectivity index (χ2v) is 8.29. The number of benzene rings is 1. The van der Waals surface area contributed by atoms with Crippen molar-refractivity contribution >= 4 is 5.91 Å². The summed E-state index contributed by atoms with van der Waals surface area (Å²) in [6, 6.07) is 8.07. The molecule has 5 nitrogen and oxygen atoms in total. The molecule has 0 aromatic heterocycles. The highest BCUT2D eigenvalue weighted by atomic mass is 16.5. The van der Waals surface area contributed by atoms with Gasteiger partial charge in [0.05, 0.1) is 30.9 Å². The predicted molar refractivity (Wildman–Crippen MR) is 102 cm³/mol. The summed E-state index contributed by atoms with van der Waals surface area (Å²) in [7, 11) is 0. The van der Waals surface area contributed by atoms with Crippen molar-refractivity contribution in [3.05, 3.63) is 35.4 Å². The van der Waals surface area contributed by atoms with Gasteiger partial charge in [-0.1, -0.05) is 18.6 Å². The predicted octanol–water partition coefficient (Wildman–Crippen LogP) is 2.37. The van der Waals surface area contributed by atoms with Crippen LogP contribution in [0.15, 0.2) is 24.3 Å². The number of carbonyl (C=O) groups is 1. The van der Waals surface area contributed by atoms with Gasteiger partial charge in [0, 0.05) is 5.56 Å². The van der Waals surface area contributed by atoms with Crippen molar-refractivity contribution in [1.29, 1.82) is 0 Å². The minimum Gasteiger partial charge on any atom is -0.390 e. The Kier molecular flexibility index (Phi) is 6.33. The van der Waals surface area contributed by atoms with Gasteiger partial charge in [0.2, 0.25) is 0 Å². The first-order valence-corrected chi connectivity index (χ1v) is 9.86. The van der Waals surface area contributed by atoms with Gasteiger partial charge in [-0.3, -0.25) is 9.69 Å². The average molecular weight is 360 g/mol. The van der Waals surface area contributed by atoms with Gasteiger partial charge in [0.1, 0.15) is 0 Å². The maximum absolute atomic E-state index is 12.7. The number of hydrogen-bond donors (Lipinski definition) is 2. The zero-order valence-electron chi connectivity index (χ0n) is 16.0. The van der Waals surface area contributed by atoms with E-state index in [0.717, 1.165) is 25.1 Å². The molecule has 3 rings (SSSR count). The van der Waals surface area contributed by atoms with Crippen molar-refractivity contribution in [3.63, 3.8) is 0 Å². The van der Waals surface area contributed by atoms with E-state index in [1.54, 1.807) is 0 Å². The quantitative estimate of drug-likeness (QED) is 0.818. The molecule has 0 radical (unpaired) electrons. The summed E-state index contributed by atoms with van der Waals surface area (Å²) in [6.07, 6.45) is 5.21. The lowest BCUT2D eigenvalue weighted by Crippen LogP contribution is -2.52. The topological polar surface area (TPSA) is 61.8 Å². The highest BCUT2D eigenvalue weighted by Gasteiger charge is 2.34.